The summed E-state index contributed by atoms with van der Waals surface area (Å²) in [5.74, 6) is -1.00. The smallest absolute Gasteiger partial charge is 0.342 e. The van der Waals surface area contributed by atoms with E-state index in [1.54, 1.807) is 0 Å². The Labute approximate surface area is 127 Å². The molecule has 2 aromatic rings. The maximum Gasteiger partial charge on any atom is 0.342 e. The summed E-state index contributed by atoms with van der Waals surface area (Å²) in [5, 5.41) is 9.62. The Bertz CT molecular complexity index is 674. The Balaban J connectivity index is 2.21. The second-order valence-corrected chi connectivity index (χ2v) is 5.36. The molecular weight excluding hydrogens is 288 g/mol. The van der Waals surface area contributed by atoms with Crippen molar-refractivity contribution in [1.82, 2.24) is 9.97 Å². The Morgan fingerprint density at radius 3 is 2.71 bits per heavy atom. The van der Waals surface area contributed by atoms with E-state index in [1.165, 1.54) is 29.1 Å². The number of aromatic nitrogens is 2. The number of hydrogen-bond donors (Lipinski definition) is 1. The minimum atomic E-state index is -1.10. The Morgan fingerprint density at radius 1 is 1.33 bits per heavy atom. The number of carboxylic acid groups (broad SMARTS) is 1. The number of thioether (sulfide) groups is 1. The summed E-state index contributed by atoms with van der Waals surface area (Å²) in [4.78, 5) is 19.2. The summed E-state index contributed by atoms with van der Waals surface area (Å²) >= 11 is 1.33. The molecule has 0 spiro atoms. The van der Waals surface area contributed by atoms with Crippen molar-refractivity contribution in [3.8, 4) is 5.88 Å². The van der Waals surface area contributed by atoms with Crippen molar-refractivity contribution in [2.45, 2.75) is 25.6 Å². The first-order valence-corrected chi connectivity index (χ1v) is 7.57. The average molecular weight is 304 g/mol. The highest BCUT2D eigenvalue weighted by Gasteiger charge is 2.15. The van der Waals surface area contributed by atoms with Crippen molar-refractivity contribution in [2.24, 2.45) is 0 Å². The lowest BCUT2D eigenvalue weighted by atomic mass is 10.1. The van der Waals surface area contributed by atoms with E-state index in [2.05, 4.69) is 9.97 Å². The number of benzene rings is 1. The number of hydrogen-bond acceptors (Lipinski definition) is 5. The second-order valence-electron chi connectivity index (χ2n) is 4.59. The molecule has 21 heavy (non-hydrogen) atoms. The van der Waals surface area contributed by atoms with Gasteiger partial charge >= 0.3 is 5.97 Å². The third-order valence-corrected chi connectivity index (χ3v) is 3.65. The van der Waals surface area contributed by atoms with E-state index in [0.717, 1.165) is 5.56 Å². The lowest BCUT2D eigenvalue weighted by Crippen LogP contribution is -2.07. The van der Waals surface area contributed by atoms with Crippen LogP contribution in [0.5, 0.6) is 5.88 Å². The summed E-state index contributed by atoms with van der Waals surface area (Å²) in [5.41, 5.74) is 3.31. The first-order chi connectivity index (χ1) is 10.0. The molecule has 0 saturated carbocycles. The normalized spacial score (nSPS) is 10.4. The lowest BCUT2D eigenvalue weighted by Gasteiger charge is -2.10. The molecule has 0 bridgehead atoms. The van der Waals surface area contributed by atoms with E-state index < -0.39 is 5.97 Å². The third-order valence-electron chi connectivity index (χ3n) is 3.09. The van der Waals surface area contributed by atoms with Crippen LogP contribution in [0.1, 0.15) is 27.0 Å². The van der Waals surface area contributed by atoms with Gasteiger partial charge in [0, 0.05) is 6.20 Å². The van der Waals surface area contributed by atoms with Gasteiger partial charge in [0.1, 0.15) is 12.2 Å². The van der Waals surface area contributed by atoms with Crippen LogP contribution in [0.15, 0.2) is 29.6 Å². The number of aryl methyl sites for hydroxylation is 2. The predicted octanol–water partition coefficient (Wildman–Crippen LogP) is 3.09. The zero-order valence-corrected chi connectivity index (χ0v) is 12.9. The fourth-order valence-corrected chi connectivity index (χ4v) is 2.08. The number of ether oxygens (including phenoxy) is 1. The molecule has 0 unspecified atom stereocenters. The van der Waals surface area contributed by atoms with Crippen LogP contribution in [0.3, 0.4) is 0 Å². The quantitative estimate of drug-likeness (QED) is 0.676. The summed E-state index contributed by atoms with van der Waals surface area (Å²) in [6.07, 6.45) is 3.10. The Hall–Kier alpha value is -2.08. The molecular formula is C15H16N2O3S. The maximum atomic E-state index is 11.2. The van der Waals surface area contributed by atoms with Crippen LogP contribution in [0.4, 0.5) is 0 Å². The Kier molecular flexibility index (Phi) is 4.80. The summed E-state index contributed by atoms with van der Waals surface area (Å²) < 4.78 is 5.58. The minimum absolute atomic E-state index is 0.0309. The largest absolute Gasteiger partial charge is 0.477 e. The Morgan fingerprint density at radius 2 is 2.10 bits per heavy atom. The first kappa shape index (κ1) is 15.3. The molecule has 1 heterocycles. The van der Waals surface area contributed by atoms with Crippen molar-refractivity contribution in [1.29, 1.82) is 0 Å². The van der Waals surface area contributed by atoms with Gasteiger partial charge in [-0.25, -0.2) is 9.78 Å². The van der Waals surface area contributed by atoms with Crippen molar-refractivity contribution in [2.75, 3.05) is 6.26 Å². The van der Waals surface area contributed by atoms with E-state index in [4.69, 9.17) is 9.84 Å². The van der Waals surface area contributed by atoms with E-state index in [1.807, 2.05) is 38.3 Å². The molecule has 1 N–H and O–H groups in total. The number of carbonyl (C=O) groups is 1. The molecule has 0 radical (unpaired) electrons. The monoisotopic (exact) mass is 304 g/mol. The molecule has 0 aliphatic rings. The van der Waals surface area contributed by atoms with Gasteiger partial charge in [0.15, 0.2) is 5.16 Å². The number of aromatic carboxylic acids is 1. The van der Waals surface area contributed by atoms with Crippen LogP contribution in [-0.4, -0.2) is 27.3 Å². The molecule has 0 fully saturated rings. The molecule has 0 aliphatic heterocycles. The lowest BCUT2D eigenvalue weighted by molar-refractivity contribution is 0.0689. The van der Waals surface area contributed by atoms with Crippen LogP contribution >= 0.6 is 11.8 Å². The standard InChI is InChI=1S/C15H16N2O3S/c1-9-4-5-11(6-10(9)2)8-20-13-12(14(18)19)7-16-15(17-13)21-3/h4-7H,8H2,1-3H3,(H,18,19). The predicted molar refractivity (Wildman–Crippen MR) is 81.0 cm³/mol. The fourth-order valence-electron chi connectivity index (χ4n) is 1.75. The average Bonchev–Trinajstić information content (AvgIpc) is 2.48. The van der Waals surface area contributed by atoms with Crippen molar-refractivity contribution in [3.05, 3.63) is 46.6 Å². The van der Waals surface area contributed by atoms with E-state index in [0.29, 0.717) is 5.16 Å². The molecule has 6 heteroatoms. The molecule has 1 aromatic heterocycles. The van der Waals surface area contributed by atoms with Crippen LogP contribution in [0.25, 0.3) is 0 Å². The molecule has 2 rings (SSSR count). The summed E-state index contributed by atoms with van der Waals surface area (Å²) in [6, 6.07) is 5.99. The van der Waals surface area contributed by atoms with Gasteiger partial charge in [0.25, 0.3) is 0 Å². The van der Waals surface area contributed by atoms with Crippen molar-refractivity contribution < 1.29 is 14.6 Å². The van der Waals surface area contributed by atoms with Crippen molar-refractivity contribution in [3.63, 3.8) is 0 Å². The molecule has 1 aromatic carbocycles. The van der Waals surface area contributed by atoms with Gasteiger partial charge in [-0.15, -0.1) is 0 Å². The minimum Gasteiger partial charge on any atom is -0.477 e. The van der Waals surface area contributed by atoms with Gasteiger partial charge < -0.3 is 9.84 Å². The van der Waals surface area contributed by atoms with Gasteiger partial charge in [0.2, 0.25) is 5.88 Å². The SMILES string of the molecule is CSc1ncc(C(=O)O)c(OCc2ccc(C)c(C)c2)n1. The van der Waals surface area contributed by atoms with E-state index in [-0.39, 0.29) is 18.1 Å². The fraction of sp³-hybridized carbons (Fsp3) is 0.267. The van der Waals surface area contributed by atoms with Crippen LogP contribution < -0.4 is 4.74 Å². The maximum absolute atomic E-state index is 11.2. The van der Waals surface area contributed by atoms with Crippen LogP contribution in [0, 0.1) is 13.8 Å². The molecule has 110 valence electrons. The number of carboxylic acids is 1. The van der Waals surface area contributed by atoms with Gasteiger partial charge in [-0.1, -0.05) is 30.0 Å². The van der Waals surface area contributed by atoms with Gasteiger partial charge in [-0.05, 0) is 36.8 Å². The topological polar surface area (TPSA) is 72.3 Å². The number of rotatable bonds is 5. The zero-order valence-electron chi connectivity index (χ0n) is 12.1. The van der Waals surface area contributed by atoms with Gasteiger partial charge in [0.05, 0.1) is 0 Å². The molecule has 0 amide bonds. The van der Waals surface area contributed by atoms with Gasteiger partial charge in [-0.2, -0.15) is 4.98 Å². The molecule has 0 saturated heterocycles. The second kappa shape index (κ2) is 6.58. The molecule has 0 atom stereocenters. The third kappa shape index (κ3) is 3.72. The van der Waals surface area contributed by atoms with Crippen LogP contribution in [-0.2, 0) is 6.61 Å². The summed E-state index contributed by atoms with van der Waals surface area (Å²) in [6.45, 7) is 4.34. The first-order valence-electron chi connectivity index (χ1n) is 6.34. The highest BCUT2D eigenvalue weighted by Crippen LogP contribution is 2.20. The molecule has 0 aliphatic carbocycles. The van der Waals surface area contributed by atoms with Crippen LogP contribution in [0.2, 0.25) is 0 Å². The van der Waals surface area contributed by atoms with Gasteiger partial charge in [-0.3, -0.25) is 0 Å². The van der Waals surface area contributed by atoms with E-state index in [9.17, 15) is 4.79 Å². The highest BCUT2D eigenvalue weighted by molar-refractivity contribution is 7.98. The highest BCUT2D eigenvalue weighted by atomic mass is 32.2. The van der Waals surface area contributed by atoms with E-state index >= 15 is 0 Å². The molecule has 5 nitrogen and oxygen atoms in total. The zero-order chi connectivity index (χ0) is 15.4. The summed E-state index contributed by atoms with van der Waals surface area (Å²) in [7, 11) is 0. The number of nitrogens with zero attached hydrogens (tertiary/aromatic N) is 2. The van der Waals surface area contributed by atoms with Crippen molar-refractivity contribution >= 4 is 17.7 Å².